The molecule has 0 aliphatic carbocycles. The Balaban J connectivity index is 1.75. The smallest absolute Gasteiger partial charge is 0.292 e. The van der Waals surface area contributed by atoms with Crippen LogP contribution in [0.2, 0.25) is 0 Å². The van der Waals surface area contributed by atoms with Crippen molar-refractivity contribution in [2.24, 2.45) is 0 Å². The van der Waals surface area contributed by atoms with E-state index in [-0.39, 0.29) is 16.5 Å². The third-order valence-electron chi connectivity index (χ3n) is 4.99. The summed E-state index contributed by atoms with van der Waals surface area (Å²) in [5, 5.41) is 11.3. The van der Waals surface area contributed by atoms with E-state index in [1.807, 2.05) is 11.8 Å². The van der Waals surface area contributed by atoms with E-state index in [1.54, 1.807) is 49.5 Å². The molecule has 148 valence electrons. The van der Waals surface area contributed by atoms with Crippen molar-refractivity contribution in [3.05, 3.63) is 57.6 Å². The van der Waals surface area contributed by atoms with Gasteiger partial charge in [-0.05, 0) is 25.1 Å². The van der Waals surface area contributed by atoms with Crippen molar-refractivity contribution >= 4 is 17.3 Å². The number of hydrogen-bond donors (Lipinski definition) is 0. The number of anilines is 1. The number of nitro groups is 1. The lowest BCUT2D eigenvalue weighted by Crippen LogP contribution is -2.49. The summed E-state index contributed by atoms with van der Waals surface area (Å²) in [5.74, 6) is 1.08. The van der Waals surface area contributed by atoms with Crippen molar-refractivity contribution in [2.75, 3.05) is 45.3 Å². The topological polar surface area (TPSA) is 85.2 Å². The van der Waals surface area contributed by atoms with Crippen molar-refractivity contribution in [3.63, 3.8) is 0 Å². The van der Waals surface area contributed by atoms with Gasteiger partial charge in [0.1, 0.15) is 17.2 Å². The fourth-order valence-electron chi connectivity index (χ4n) is 3.43. The predicted octanol–water partition coefficient (Wildman–Crippen LogP) is 2.88. The highest BCUT2D eigenvalue weighted by Gasteiger charge is 2.26. The van der Waals surface area contributed by atoms with Gasteiger partial charge in [0.2, 0.25) is 0 Å². The molecule has 0 atom stereocenters. The second kappa shape index (κ2) is 8.16. The number of nitrogens with zero attached hydrogens (tertiary/aromatic N) is 3. The van der Waals surface area contributed by atoms with E-state index >= 15 is 0 Å². The van der Waals surface area contributed by atoms with Gasteiger partial charge in [0.15, 0.2) is 0 Å². The fourth-order valence-corrected chi connectivity index (χ4v) is 3.43. The zero-order valence-corrected chi connectivity index (χ0v) is 16.2. The molecule has 8 nitrogen and oxygen atoms in total. The summed E-state index contributed by atoms with van der Waals surface area (Å²) in [7, 11) is 3.11. The molecule has 0 aromatic heterocycles. The molecule has 1 fully saturated rings. The maximum Gasteiger partial charge on any atom is 0.292 e. The maximum absolute atomic E-state index is 13.0. The molecule has 1 aliphatic heterocycles. The summed E-state index contributed by atoms with van der Waals surface area (Å²) in [6, 6.07) is 10.1. The molecule has 0 bridgehead atoms. The molecule has 1 heterocycles. The highest BCUT2D eigenvalue weighted by Crippen LogP contribution is 2.31. The van der Waals surface area contributed by atoms with E-state index in [0.717, 1.165) is 5.56 Å². The van der Waals surface area contributed by atoms with Gasteiger partial charge in [-0.2, -0.15) is 0 Å². The first-order valence-corrected chi connectivity index (χ1v) is 8.96. The van der Waals surface area contributed by atoms with Crippen molar-refractivity contribution < 1.29 is 19.2 Å². The molecule has 8 heteroatoms. The van der Waals surface area contributed by atoms with Crippen molar-refractivity contribution in [1.29, 1.82) is 0 Å². The van der Waals surface area contributed by atoms with Crippen molar-refractivity contribution in [3.8, 4) is 11.5 Å². The second-order valence-corrected chi connectivity index (χ2v) is 6.53. The van der Waals surface area contributed by atoms with Crippen LogP contribution >= 0.6 is 0 Å². The summed E-state index contributed by atoms with van der Waals surface area (Å²) in [5.41, 5.74) is 2.00. The Morgan fingerprint density at radius 1 is 1.04 bits per heavy atom. The van der Waals surface area contributed by atoms with E-state index in [1.165, 1.54) is 6.07 Å². The van der Waals surface area contributed by atoms with Crippen molar-refractivity contribution in [2.45, 2.75) is 6.92 Å². The molecule has 28 heavy (non-hydrogen) atoms. The van der Waals surface area contributed by atoms with Crippen LogP contribution in [-0.2, 0) is 0 Å². The van der Waals surface area contributed by atoms with Crippen LogP contribution < -0.4 is 14.4 Å². The number of rotatable bonds is 5. The molecular weight excluding hydrogens is 362 g/mol. The monoisotopic (exact) mass is 385 g/mol. The highest BCUT2D eigenvalue weighted by molar-refractivity contribution is 5.95. The zero-order valence-electron chi connectivity index (χ0n) is 16.2. The molecule has 2 aromatic carbocycles. The lowest BCUT2D eigenvalue weighted by molar-refractivity contribution is -0.384. The number of amides is 1. The van der Waals surface area contributed by atoms with Crippen LogP contribution in [0.25, 0.3) is 0 Å². The number of carbonyl (C=O) groups excluding carboxylic acids is 1. The fraction of sp³-hybridized carbons (Fsp3) is 0.350. The van der Waals surface area contributed by atoms with E-state index in [2.05, 4.69) is 0 Å². The van der Waals surface area contributed by atoms with E-state index in [0.29, 0.717) is 48.9 Å². The Morgan fingerprint density at radius 2 is 1.61 bits per heavy atom. The Bertz CT molecular complexity index is 866. The van der Waals surface area contributed by atoms with Gasteiger partial charge in [-0.25, -0.2) is 0 Å². The number of piperazine rings is 1. The minimum absolute atomic E-state index is 0.0790. The first-order valence-electron chi connectivity index (χ1n) is 8.96. The number of hydrogen-bond acceptors (Lipinski definition) is 6. The molecule has 0 spiro atoms. The summed E-state index contributed by atoms with van der Waals surface area (Å²) in [6.07, 6.45) is 0. The second-order valence-electron chi connectivity index (χ2n) is 6.53. The minimum atomic E-state index is -0.377. The summed E-state index contributed by atoms with van der Waals surface area (Å²) >= 11 is 0. The highest BCUT2D eigenvalue weighted by atomic mass is 16.6. The van der Waals surface area contributed by atoms with E-state index in [9.17, 15) is 14.9 Å². The van der Waals surface area contributed by atoms with Gasteiger partial charge in [0.05, 0.1) is 19.1 Å². The molecular formula is C20H23N3O5. The van der Waals surface area contributed by atoms with Crippen molar-refractivity contribution in [1.82, 2.24) is 4.90 Å². The SMILES string of the molecule is COc1cc(C(=O)N2CCN(c3ccccc3[N+](=O)[O-])CC2)cc(OC)c1C. The molecule has 3 rings (SSSR count). The summed E-state index contributed by atoms with van der Waals surface area (Å²) in [4.78, 5) is 27.5. The van der Waals surface area contributed by atoms with Crippen LogP contribution in [0.1, 0.15) is 15.9 Å². The van der Waals surface area contributed by atoms with Gasteiger partial charge in [0, 0.05) is 43.4 Å². The number of ether oxygens (including phenoxy) is 2. The molecule has 0 N–H and O–H groups in total. The third-order valence-corrected chi connectivity index (χ3v) is 4.99. The first-order chi connectivity index (χ1) is 13.5. The van der Waals surface area contributed by atoms with Crippen LogP contribution in [0, 0.1) is 17.0 Å². The molecule has 1 amide bonds. The van der Waals surface area contributed by atoms with Crippen LogP contribution in [0.3, 0.4) is 0 Å². The molecule has 0 unspecified atom stereocenters. The molecule has 0 radical (unpaired) electrons. The number of para-hydroxylation sites is 2. The van der Waals surface area contributed by atoms with Gasteiger partial charge in [-0.3, -0.25) is 14.9 Å². The summed E-state index contributed by atoms with van der Waals surface area (Å²) in [6.45, 7) is 3.87. The van der Waals surface area contributed by atoms with Gasteiger partial charge < -0.3 is 19.3 Å². The first kappa shape index (κ1) is 19.5. The zero-order chi connectivity index (χ0) is 20.3. The van der Waals surface area contributed by atoms with E-state index in [4.69, 9.17) is 9.47 Å². The van der Waals surface area contributed by atoms with E-state index < -0.39 is 0 Å². The Kier molecular flexibility index (Phi) is 5.67. The predicted molar refractivity (Wildman–Crippen MR) is 105 cm³/mol. The number of carbonyl (C=O) groups is 1. The standard InChI is InChI=1S/C20H23N3O5/c1-14-18(27-2)12-15(13-19(14)28-3)20(24)22-10-8-21(9-11-22)16-6-4-5-7-17(16)23(25)26/h4-7,12-13H,8-11H2,1-3H3. The minimum Gasteiger partial charge on any atom is -0.496 e. The number of nitro benzene ring substituents is 1. The molecule has 2 aromatic rings. The van der Waals surface area contributed by atoms with Crippen LogP contribution in [0.4, 0.5) is 11.4 Å². The largest absolute Gasteiger partial charge is 0.496 e. The Morgan fingerprint density at radius 3 is 2.14 bits per heavy atom. The Hall–Kier alpha value is -3.29. The number of benzene rings is 2. The summed E-state index contributed by atoms with van der Waals surface area (Å²) < 4.78 is 10.7. The van der Waals surface area contributed by atoms with Gasteiger partial charge in [-0.15, -0.1) is 0 Å². The third kappa shape index (κ3) is 3.71. The average molecular weight is 385 g/mol. The lowest BCUT2D eigenvalue weighted by Gasteiger charge is -2.36. The quantitative estimate of drug-likeness (QED) is 0.581. The van der Waals surface area contributed by atoms with Gasteiger partial charge >= 0.3 is 0 Å². The van der Waals surface area contributed by atoms with Gasteiger partial charge in [0.25, 0.3) is 11.6 Å². The molecule has 1 saturated heterocycles. The normalized spacial score (nSPS) is 14.0. The Labute approximate surface area is 163 Å². The molecule has 0 saturated carbocycles. The number of methoxy groups -OCH3 is 2. The maximum atomic E-state index is 13.0. The van der Waals surface area contributed by atoms with Crippen LogP contribution in [0.5, 0.6) is 11.5 Å². The molecule has 1 aliphatic rings. The van der Waals surface area contributed by atoms with Gasteiger partial charge in [-0.1, -0.05) is 12.1 Å². The van der Waals surface area contributed by atoms with Crippen LogP contribution in [0.15, 0.2) is 36.4 Å². The average Bonchev–Trinajstić information content (AvgIpc) is 2.73. The lowest BCUT2D eigenvalue weighted by atomic mass is 10.1. The van der Waals surface area contributed by atoms with Crippen LogP contribution in [-0.4, -0.2) is 56.1 Å².